The predicted molar refractivity (Wildman–Crippen MR) is 152 cm³/mol. The Morgan fingerprint density at radius 3 is 2.44 bits per heavy atom. The Bertz CT molecular complexity index is 1560. The third kappa shape index (κ3) is 7.08. The number of anilines is 1. The number of nitrogens with one attached hydrogen (secondary N) is 1. The molecule has 2 heterocycles. The molecule has 0 radical (unpaired) electrons. The molecule has 3 aromatic carbocycles. The van der Waals surface area contributed by atoms with Crippen molar-refractivity contribution in [2.24, 2.45) is 4.99 Å². The van der Waals surface area contributed by atoms with E-state index in [0.29, 0.717) is 33.5 Å². The van der Waals surface area contributed by atoms with Crippen molar-refractivity contribution < 1.29 is 27.1 Å². The van der Waals surface area contributed by atoms with E-state index in [1.54, 1.807) is 36.4 Å². The van der Waals surface area contributed by atoms with Gasteiger partial charge in [0, 0.05) is 5.56 Å². The number of nitrogens with zero attached hydrogens (tertiary/aromatic N) is 5. The number of rotatable bonds is 7. The van der Waals surface area contributed by atoms with Crippen molar-refractivity contribution in [1.82, 2.24) is 20.1 Å². The zero-order valence-corrected chi connectivity index (χ0v) is 22.6. The minimum Gasteiger partial charge on any atom is -0.406 e. The van der Waals surface area contributed by atoms with Gasteiger partial charge < -0.3 is 10.1 Å². The largest absolute Gasteiger partial charge is 0.573 e. The highest BCUT2D eigenvalue weighted by atomic mass is 32.2. The van der Waals surface area contributed by atoms with E-state index in [4.69, 9.17) is 12.2 Å². The van der Waals surface area contributed by atoms with Gasteiger partial charge in [-0.1, -0.05) is 54.2 Å². The van der Waals surface area contributed by atoms with E-state index in [1.807, 2.05) is 18.2 Å². The Balaban J connectivity index is 1.18. The molecule has 1 atom stereocenters. The average molecular weight is 601 g/mol. The number of aliphatic imine (C=N–C) groups is 1. The molecule has 41 heavy (non-hydrogen) atoms. The normalized spacial score (nSPS) is 15.3. The minimum absolute atomic E-state index is 0.0649. The van der Waals surface area contributed by atoms with Crippen LogP contribution in [0.25, 0.3) is 17.1 Å². The summed E-state index contributed by atoms with van der Waals surface area (Å²) in [4.78, 5) is 22.4. The first-order valence-corrected chi connectivity index (χ1v) is 13.5. The Labute approximate surface area is 241 Å². The van der Waals surface area contributed by atoms with Gasteiger partial charge >= 0.3 is 6.36 Å². The number of benzene rings is 3. The summed E-state index contributed by atoms with van der Waals surface area (Å²) in [6, 6.07) is 20.8. The lowest BCUT2D eigenvalue weighted by Crippen LogP contribution is -2.31. The third-order valence-electron chi connectivity index (χ3n) is 5.77. The van der Waals surface area contributed by atoms with Crippen LogP contribution in [0.5, 0.6) is 5.75 Å². The van der Waals surface area contributed by atoms with Crippen LogP contribution in [-0.4, -0.2) is 49.6 Å². The Morgan fingerprint density at radius 2 is 1.76 bits per heavy atom. The number of carbonyl (C=O) groups excluding carboxylic acids is 1. The zero-order chi connectivity index (χ0) is 29.0. The number of hydrogen-bond donors (Lipinski definition) is 1. The van der Waals surface area contributed by atoms with Gasteiger partial charge in [0.05, 0.1) is 23.7 Å². The summed E-state index contributed by atoms with van der Waals surface area (Å²) in [5, 5.41) is 7.63. The molecule has 1 saturated heterocycles. The van der Waals surface area contributed by atoms with Crippen molar-refractivity contribution in [3.63, 3.8) is 0 Å². The fourth-order valence-electron chi connectivity index (χ4n) is 3.86. The molecule has 1 aromatic heterocycles. The summed E-state index contributed by atoms with van der Waals surface area (Å²) in [5.74, 6) is 0.135. The fraction of sp³-hybridized carbons (Fsp3) is 0.148. The number of alkyl halides is 4. The topological polar surface area (TPSA) is 84.6 Å². The highest BCUT2D eigenvalue weighted by Gasteiger charge is 2.31. The maximum atomic E-state index is 15.0. The molecule has 1 aliphatic heterocycles. The van der Waals surface area contributed by atoms with Gasteiger partial charge in [-0.05, 0) is 54.2 Å². The van der Waals surface area contributed by atoms with Gasteiger partial charge in [0.1, 0.15) is 18.2 Å². The summed E-state index contributed by atoms with van der Waals surface area (Å²) in [7, 11) is 0. The second-order valence-electron chi connectivity index (χ2n) is 8.58. The molecule has 1 aliphatic rings. The number of amides is 1. The van der Waals surface area contributed by atoms with E-state index >= 15 is 0 Å². The number of hydrogen-bond acceptors (Lipinski definition) is 6. The highest BCUT2D eigenvalue weighted by Crippen LogP contribution is 2.27. The fourth-order valence-corrected chi connectivity index (χ4v) is 4.96. The molecule has 4 aromatic rings. The van der Waals surface area contributed by atoms with E-state index in [2.05, 4.69) is 25.1 Å². The first kappa shape index (κ1) is 28.2. The molecule has 0 aliphatic carbocycles. The van der Waals surface area contributed by atoms with E-state index in [1.165, 1.54) is 51.9 Å². The standard InChI is InChI=1S/C27H20F4N6O2S2/c28-22(14-32-25(40)34-26-37(23(38)15-41-26)20-4-2-1-3-5-20)17-6-8-18(9-7-17)24-33-16-36(35-24)19-10-12-21(13-11-19)39-27(29,30)31/h1-13,16,22H,14-15H2,(H,32,40). The summed E-state index contributed by atoms with van der Waals surface area (Å²) < 4.78 is 57.3. The second-order valence-corrected chi connectivity index (χ2v) is 9.91. The first-order chi connectivity index (χ1) is 19.7. The minimum atomic E-state index is -4.77. The van der Waals surface area contributed by atoms with Crippen molar-refractivity contribution in [2.45, 2.75) is 12.5 Å². The van der Waals surface area contributed by atoms with Crippen LogP contribution in [0.2, 0.25) is 0 Å². The van der Waals surface area contributed by atoms with Crippen molar-refractivity contribution in [3.8, 4) is 22.8 Å². The van der Waals surface area contributed by atoms with Crippen LogP contribution >= 0.6 is 24.0 Å². The van der Waals surface area contributed by atoms with Crippen LogP contribution in [-0.2, 0) is 4.79 Å². The molecule has 14 heteroatoms. The van der Waals surface area contributed by atoms with Gasteiger partial charge in [-0.2, -0.15) is 4.99 Å². The van der Waals surface area contributed by atoms with Crippen LogP contribution in [0.3, 0.4) is 0 Å². The molecular weight excluding hydrogens is 580 g/mol. The average Bonchev–Trinajstić information content (AvgIpc) is 3.59. The van der Waals surface area contributed by atoms with E-state index < -0.39 is 12.5 Å². The molecule has 5 rings (SSSR count). The van der Waals surface area contributed by atoms with Crippen LogP contribution in [0.1, 0.15) is 11.7 Å². The summed E-state index contributed by atoms with van der Waals surface area (Å²) >= 11 is 6.53. The van der Waals surface area contributed by atoms with Crippen LogP contribution in [0.4, 0.5) is 23.2 Å². The Morgan fingerprint density at radius 1 is 1.05 bits per heavy atom. The molecule has 1 unspecified atom stereocenters. The molecular formula is C27H20F4N6O2S2. The lowest BCUT2D eigenvalue weighted by Gasteiger charge is -2.16. The molecule has 1 amide bonds. The van der Waals surface area contributed by atoms with Gasteiger partial charge in [0.25, 0.3) is 0 Å². The predicted octanol–water partition coefficient (Wildman–Crippen LogP) is 5.85. The number of para-hydroxylation sites is 1. The van der Waals surface area contributed by atoms with E-state index in [0.717, 1.165) is 0 Å². The number of thioether (sulfide) groups is 1. The Kier molecular flexibility index (Phi) is 8.31. The molecule has 0 saturated carbocycles. The quantitative estimate of drug-likeness (QED) is 0.210. The van der Waals surface area contributed by atoms with Crippen LogP contribution in [0, 0.1) is 0 Å². The lowest BCUT2D eigenvalue weighted by molar-refractivity contribution is -0.274. The molecule has 210 valence electrons. The monoisotopic (exact) mass is 600 g/mol. The number of aromatic nitrogens is 3. The number of halogens is 4. The first-order valence-electron chi connectivity index (χ1n) is 12.1. The summed E-state index contributed by atoms with van der Waals surface area (Å²) in [5.41, 5.74) is 2.18. The van der Waals surface area contributed by atoms with Crippen molar-refractivity contribution in [1.29, 1.82) is 0 Å². The molecule has 0 spiro atoms. The lowest BCUT2D eigenvalue weighted by atomic mass is 10.1. The van der Waals surface area contributed by atoms with E-state index in [-0.39, 0.29) is 29.1 Å². The molecule has 1 fully saturated rings. The van der Waals surface area contributed by atoms with Crippen LogP contribution in [0.15, 0.2) is 90.2 Å². The van der Waals surface area contributed by atoms with Gasteiger partial charge in [-0.15, -0.1) is 18.3 Å². The number of carbonyl (C=O) groups is 1. The van der Waals surface area contributed by atoms with Crippen molar-refractivity contribution >= 4 is 45.9 Å². The van der Waals surface area contributed by atoms with E-state index in [9.17, 15) is 22.4 Å². The highest BCUT2D eigenvalue weighted by molar-refractivity contribution is 8.15. The zero-order valence-electron chi connectivity index (χ0n) is 21.0. The summed E-state index contributed by atoms with van der Waals surface area (Å²) in [6.07, 6.45) is -4.75. The number of ether oxygens (including phenoxy) is 1. The maximum absolute atomic E-state index is 15.0. The molecule has 8 nitrogen and oxygen atoms in total. The Hall–Kier alpha value is -4.30. The molecule has 0 bridgehead atoms. The smallest absolute Gasteiger partial charge is 0.406 e. The SMILES string of the molecule is O=C1CSC(=NC(=S)NCC(F)c2ccc(-c3ncn(-c4ccc(OC(F)(F)F)cc4)n3)cc2)N1c1ccccc1. The van der Waals surface area contributed by atoms with Crippen LogP contribution < -0.4 is 15.0 Å². The summed E-state index contributed by atoms with van der Waals surface area (Å²) in [6.45, 7) is -0.125. The van der Waals surface area contributed by atoms with Gasteiger partial charge in [-0.3, -0.25) is 9.69 Å². The number of amidine groups is 1. The molecule has 1 N–H and O–H groups in total. The van der Waals surface area contributed by atoms with Crippen molar-refractivity contribution in [2.75, 3.05) is 17.2 Å². The van der Waals surface area contributed by atoms with Crippen molar-refractivity contribution in [3.05, 3.63) is 90.8 Å². The number of thiocarbonyl (C=S) groups is 1. The van der Waals surface area contributed by atoms with Gasteiger partial charge in [0.2, 0.25) is 5.91 Å². The third-order valence-corrected chi connectivity index (χ3v) is 6.93. The van der Waals surface area contributed by atoms with Gasteiger partial charge in [0.15, 0.2) is 16.1 Å². The second kappa shape index (κ2) is 12.1. The van der Waals surface area contributed by atoms with Gasteiger partial charge in [-0.25, -0.2) is 14.1 Å². The maximum Gasteiger partial charge on any atom is 0.573 e.